The molecule has 0 aromatic heterocycles. The number of Topliss-reactive ketones (excluding diaryl/α,β-unsaturated/α-hetero) is 1. The number of ketones is 1. The highest BCUT2D eigenvalue weighted by Gasteiger charge is 2.44. The van der Waals surface area contributed by atoms with Crippen LogP contribution < -0.4 is 0 Å². The molecule has 0 radical (unpaired) electrons. The number of rotatable bonds is 2. The first-order chi connectivity index (χ1) is 8.00. The molecular formula is C13H14BClO2. The molecule has 2 nitrogen and oxygen atoms in total. The lowest BCUT2D eigenvalue weighted by atomic mass is 9.41. The van der Waals surface area contributed by atoms with Crippen LogP contribution in [0.15, 0.2) is 24.3 Å². The molecule has 4 heteroatoms. The van der Waals surface area contributed by atoms with Crippen LogP contribution in [-0.4, -0.2) is 18.2 Å². The molecule has 1 aliphatic rings. The average molecular weight is 249 g/mol. The summed E-state index contributed by atoms with van der Waals surface area (Å²) >= 11 is 5.85. The van der Waals surface area contributed by atoms with E-state index in [1.807, 2.05) is 31.1 Å². The quantitative estimate of drug-likeness (QED) is 0.754. The van der Waals surface area contributed by atoms with Gasteiger partial charge < -0.3 is 4.79 Å². The summed E-state index contributed by atoms with van der Waals surface area (Å²) in [5.41, 5.74) is 1.22. The smallest absolute Gasteiger partial charge is 0.228 e. The van der Waals surface area contributed by atoms with Crippen molar-refractivity contribution >= 4 is 29.8 Å². The summed E-state index contributed by atoms with van der Waals surface area (Å²) in [5.74, 6) is -0.0569. The minimum atomic E-state index is -0.168. The molecule has 17 heavy (non-hydrogen) atoms. The summed E-state index contributed by atoms with van der Waals surface area (Å²) in [7, 11) is 0. The summed E-state index contributed by atoms with van der Waals surface area (Å²) in [6.07, 6.45) is 0.379. The van der Waals surface area contributed by atoms with Crippen LogP contribution >= 0.6 is 11.6 Å². The number of hydrogen-bond acceptors (Lipinski definition) is 2. The first kappa shape index (κ1) is 12.4. The zero-order valence-corrected chi connectivity index (χ0v) is 10.7. The van der Waals surface area contributed by atoms with Crippen molar-refractivity contribution in [1.29, 1.82) is 0 Å². The summed E-state index contributed by atoms with van der Waals surface area (Å²) < 4.78 is 0. The molecule has 1 unspecified atom stereocenters. The Kier molecular flexibility index (Phi) is 3.39. The Balaban J connectivity index is 2.37. The van der Waals surface area contributed by atoms with E-state index in [9.17, 15) is 9.59 Å². The number of halogens is 1. The Morgan fingerprint density at radius 3 is 2.47 bits per heavy atom. The van der Waals surface area contributed by atoms with Crippen molar-refractivity contribution in [1.82, 2.24) is 0 Å². The van der Waals surface area contributed by atoms with Crippen LogP contribution in [0, 0.1) is 5.92 Å². The van der Waals surface area contributed by atoms with Gasteiger partial charge in [-0.2, -0.15) is 0 Å². The largest absolute Gasteiger partial charge is 0.311 e. The number of hydrogen-bond donors (Lipinski definition) is 0. The molecule has 1 fully saturated rings. The molecule has 1 aromatic carbocycles. The Morgan fingerprint density at radius 2 is 1.94 bits per heavy atom. The third kappa shape index (κ3) is 2.30. The maximum atomic E-state index is 11.8. The van der Waals surface area contributed by atoms with E-state index in [1.54, 1.807) is 6.92 Å². The van der Waals surface area contributed by atoms with Crippen LogP contribution in [0.1, 0.15) is 24.7 Å². The maximum absolute atomic E-state index is 11.8. The highest BCUT2D eigenvalue weighted by Crippen LogP contribution is 2.37. The molecule has 0 N–H and O–H groups in total. The molecule has 2 rings (SSSR count). The molecule has 0 spiro atoms. The lowest BCUT2D eigenvalue weighted by Crippen LogP contribution is -2.25. The SMILES string of the molecule is CB1C(=O)C[C@H](C(C)=O)C1c1ccc(Cl)cc1. The van der Waals surface area contributed by atoms with Crippen LogP contribution in [0.25, 0.3) is 0 Å². The summed E-state index contributed by atoms with van der Waals surface area (Å²) in [5, 5.41) is 0.671. The Morgan fingerprint density at radius 1 is 1.35 bits per heavy atom. The fraction of sp³-hybridized carbons (Fsp3) is 0.385. The van der Waals surface area contributed by atoms with Gasteiger partial charge in [0.25, 0.3) is 0 Å². The minimum absolute atomic E-state index is 0.0114. The van der Waals surface area contributed by atoms with Gasteiger partial charge in [0.05, 0.1) is 5.68 Å². The van der Waals surface area contributed by atoms with Crippen LogP contribution in [0.2, 0.25) is 11.8 Å². The molecule has 1 aliphatic heterocycles. The first-order valence-corrected chi connectivity index (χ1v) is 6.17. The Labute approximate surface area is 106 Å². The summed E-state index contributed by atoms with van der Waals surface area (Å²) in [4.78, 5) is 23.4. The second-order valence-electron chi connectivity index (χ2n) is 4.75. The van der Waals surface area contributed by atoms with Gasteiger partial charge >= 0.3 is 0 Å². The molecule has 2 atom stereocenters. The van der Waals surface area contributed by atoms with E-state index in [-0.39, 0.29) is 29.9 Å². The minimum Gasteiger partial charge on any atom is -0.311 e. The van der Waals surface area contributed by atoms with Crippen molar-refractivity contribution in [2.45, 2.75) is 26.0 Å². The molecule has 1 aromatic rings. The lowest BCUT2D eigenvalue weighted by Gasteiger charge is -2.19. The van der Waals surface area contributed by atoms with Crippen LogP contribution in [0.3, 0.4) is 0 Å². The molecule has 0 amide bonds. The van der Waals surface area contributed by atoms with Crippen molar-refractivity contribution in [3.05, 3.63) is 34.9 Å². The van der Waals surface area contributed by atoms with Crippen LogP contribution in [-0.2, 0) is 9.59 Å². The zero-order chi connectivity index (χ0) is 12.6. The second kappa shape index (κ2) is 4.65. The number of carbonyl (C=O) groups is 2. The van der Waals surface area contributed by atoms with Gasteiger partial charge in [-0.15, -0.1) is 0 Å². The standard InChI is InChI=1S/C13H14BClO2/c1-8(16)11-7-12(17)14(2)13(11)9-3-5-10(15)6-4-9/h3-6,11,13H,7H2,1-2H3/t11-,13?/m1/s1. The number of carbonyl (C=O) groups excluding carboxylic acids is 2. The maximum Gasteiger partial charge on any atom is 0.228 e. The summed E-state index contributed by atoms with van der Waals surface area (Å²) in [6.45, 7) is 3.40. The highest BCUT2D eigenvalue weighted by molar-refractivity contribution is 6.91. The monoisotopic (exact) mass is 248 g/mol. The molecule has 0 saturated carbocycles. The van der Waals surface area contributed by atoms with Crippen molar-refractivity contribution in [2.24, 2.45) is 5.92 Å². The van der Waals surface area contributed by atoms with Crippen molar-refractivity contribution < 1.29 is 9.59 Å². The topological polar surface area (TPSA) is 34.1 Å². The molecule has 1 saturated heterocycles. The van der Waals surface area contributed by atoms with Crippen molar-refractivity contribution in [3.63, 3.8) is 0 Å². The second-order valence-corrected chi connectivity index (χ2v) is 5.19. The van der Waals surface area contributed by atoms with E-state index < -0.39 is 0 Å². The normalized spacial score (nSPS) is 24.2. The van der Waals surface area contributed by atoms with Gasteiger partial charge in [0.2, 0.25) is 6.71 Å². The van der Waals surface area contributed by atoms with Gasteiger partial charge in [-0.05, 0) is 24.9 Å². The van der Waals surface area contributed by atoms with Crippen LogP contribution in [0.5, 0.6) is 0 Å². The summed E-state index contributed by atoms with van der Waals surface area (Å²) in [6, 6.07) is 7.45. The molecule has 1 heterocycles. The first-order valence-electron chi connectivity index (χ1n) is 5.79. The predicted molar refractivity (Wildman–Crippen MR) is 69.6 cm³/mol. The van der Waals surface area contributed by atoms with E-state index in [2.05, 4.69) is 0 Å². The molecule has 88 valence electrons. The number of benzene rings is 1. The molecule has 0 bridgehead atoms. The fourth-order valence-electron chi connectivity index (χ4n) is 2.68. The van der Waals surface area contributed by atoms with E-state index in [0.29, 0.717) is 11.4 Å². The van der Waals surface area contributed by atoms with Gasteiger partial charge in [-0.25, -0.2) is 0 Å². The van der Waals surface area contributed by atoms with Gasteiger partial charge in [-0.1, -0.05) is 36.1 Å². The van der Waals surface area contributed by atoms with E-state index in [0.717, 1.165) is 5.56 Å². The van der Waals surface area contributed by atoms with Crippen LogP contribution in [0.4, 0.5) is 0 Å². The Hall–Kier alpha value is -1.09. The zero-order valence-electron chi connectivity index (χ0n) is 9.94. The van der Waals surface area contributed by atoms with E-state index in [1.165, 1.54) is 0 Å². The van der Waals surface area contributed by atoms with Gasteiger partial charge in [0.15, 0.2) is 0 Å². The predicted octanol–water partition coefficient (Wildman–Crippen LogP) is 2.80. The lowest BCUT2D eigenvalue weighted by molar-refractivity contribution is -0.123. The van der Waals surface area contributed by atoms with Crippen molar-refractivity contribution in [2.75, 3.05) is 0 Å². The molecular weight excluding hydrogens is 234 g/mol. The van der Waals surface area contributed by atoms with E-state index in [4.69, 9.17) is 11.6 Å². The van der Waals surface area contributed by atoms with Gasteiger partial charge in [-0.3, -0.25) is 4.79 Å². The van der Waals surface area contributed by atoms with Gasteiger partial charge in [0.1, 0.15) is 5.78 Å². The van der Waals surface area contributed by atoms with Gasteiger partial charge in [0, 0.05) is 17.4 Å². The fourth-order valence-corrected chi connectivity index (χ4v) is 2.81. The van der Waals surface area contributed by atoms with E-state index >= 15 is 0 Å². The Bertz CT molecular complexity index is 455. The third-order valence-corrected chi connectivity index (χ3v) is 3.93. The molecule has 0 aliphatic carbocycles. The average Bonchev–Trinajstić information content (AvgIpc) is 2.57. The highest BCUT2D eigenvalue weighted by atomic mass is 35.5. The van der Waals surface area contributed by atoms with Crippen molar-refractivity contribution in [3.8, 4) is 0 Å². The third-order valence-electron chi connectivity index (χ3n) is 3.68.